The lowest BCUT2D eigenvalue weighted by molar-refractivity contribution is -0.157. The van der Waals surface area contributed by atoms with Crippen molar-refractivity contribution >= 4 is 35.1 Å². The third kappa shape index (κ3) is 7.72. The van der Waals surface area contributed by atoms with Gasteiger partial charge in [0.05, 0.1) is 25.8 Å². The molecule has 1 saturated heterocycles. The number of amides is 5. The van der Waals surface area contributed by atoms with Crippen LogP contribution in [-0.2, 0) is 35.6 Å². The first-order chi connectivity index (χ1) is 23.8. The van der Waals surface area contributed by atoms with E-state index in [2.05, 4.69) is 17.2 Å². The maximum Gasteiger partial charge on any atom is 0.338 e. The molecule has 6 rings (SSSR count). The molecule has 3 aromatic carbocycles. The van der Waals surface area contributed by atoms with Gasteiger partial charge in [-0.05, 0) is 52.4 Å². The molecule has 1 atom stereocenters. The molecule has 0 spiro atoms. The van der Waals surface area contributed by atoms with E-state index in [-0.39, 0.29) is 61.9 Å². The SMILES string of the molecule is C=CCN1CC(=O)N2C(=CN(Cc3cccc(C(=O)NCc4cccs4)c3)C(=O)[C@@H]2Cc2ccc(O)cc2)N1C(=O)NCc1ccccc1. The molecule has 2 aliphatic heterocycles. The molecular formula is C37H36N6O5S. The lowest BCUT2D eigenvalue weighted by atomic mass is 10.00. The highest BCUT2D eigenvalue weighted by molar-refractivity contribution is 7.09. The second kappa shape index (κ2) is 15.0. The van der Waals surface area contributed by atoms with E-state index in [1.165, 1.54) is 33.1 Å². The van der Waals surface area contributed by atoms with Crippen molar-refractivity contribution < 1.29 is 24.3 Å². The van der Waals surface area contributed by atoms with Gasteiger partial charge in [0.1, 0.15) is 11.8 Å². The largest absolute Gasteiger partial charge is 0.508 e. The number of carbonyl (C=O) groups is 4. The Kier molecular flexibility index (Phi) is 10.2. The maximum absolute atomic E-state index is 14.3. The number of nitrogens with zero attached hydrogens (tertiary/aromatic N) is 4. The first kappa shape index (κ1) is 33.2. The van der Waals surface area contributed by atoms with E-state index in [9.17, 15) is 24.3 Å². The highest BCUT2D eigenvalue weighted by Crippen LogP contribution is 2.31. The van der Waals surface area contributed by atoms with Gasteiger partial charge in [0.25, 0.3) is 11.8 Å². The van der Waals surface area contributed by atoms with Crippen LogP contribution in [0.3, 0.4) is 0 Å². The van der Waals surface area contributed by atoms with Gasteiger partial charge in [-0.1, -0.05) is 66.7 Å². The van der Waals surface area contributed by atoms with Crippen molar-refractivity contribution in [1.82, 2.24) is 30.5 Å². The average Bonchev–Trinajstić information content (AvgIpc) is 3.63. The molecule has 5 amide bonds. The topological polar surface area (TPSA) is 126 Å². The van der Waals surface area contributed by atoms with E-state index in [4.69, 9.17) is 0 Å². The Labute approximate surface area is 288 Å². The van der Waals surface area contributed by atoms with E-state index >= 15 is 0 Å². The maximum atomic E-state index is 14.3. The molecule has 3 N–H and O–H groups in total. The number of hydrogen-bond donors (Lipinski definition) is 3. The van der Waals surface area contributed by atoms with Crippen LogP contribution in [0.2, 0.25) is 0 Å². The second-order valence-electron chi connectivity index (χ2n) is 11.7. The lowest BCUT2D eigenvalue weighted by Gasteiger charge is -2.49. The monoisotopic (exact) mass is 676 g/mol. The number of fused-ring (bicyclic) bond motifs is 1. The molecule has 0 bridgehead atoms. The first-order valence-electron chi connectivity index (χ1n) is 15.8. The molecule has 3 heterocycles. The molecular weight excluding hydrogens is 641 g/mol. The van der Waals surface area contributed by atoms with Gasteiger partial charge in [0, 0.05) is 30.0 Å². The van der Waals surface area contributed by atoms with Crippen LogP contribution >= 0.6 is 11.3 Å². The molecule has 0 unspecified atom stereocenters. The Bertz CT molecular complexity index is 1860. The zero-order valence-electron chi connectivity index (χ0n) is 26.7. The highest BCUT2D eigenvalue weighted by Gasteiger charge is 2.47. The van der Waals surface area contributed by atoms with E-state index in [0.29, 0.717) is 17.7 Å². The fraction of sp³-hybridized carbons (Fsp3) is 0.189. The Hall–Kier alpha value is -5.72. The van der Waals surface area contributed by atoms with E-state index in [1.54, 1.807) is 52.8 Å². The molecule has 11 nitrogen and oxygen atoms in total. The van der Waals surface area contributed by atoms with Gasteiger partial charge in [0.2, 0.25) is 5.91 Å². The number of thiophene rings is 1. The number of aromatic hydroxyl groups is 1. The van der Waals surface area contributed by atoms with Crippen LogP contribution in [0.15, 0.2) is 121 Å². The zero-order valence-corrected chi connectivity index (χ0v) is 27.5. The number of urea groups is 1. The molecule has 12 heteroatoms. The van der Waals surface area contributed by atoms with E-state index < -0.39 is 12.1 Å². The Morgan fingerprint density at radius 3 is 2.41 bits per heavy atom. The number of carbonyl (C=O) groups excluding carboxylic acids is 4. The summed E-state index contributed by atoms with van der Waals surface area (Å²) in [4.78, 5) is 58.9. The molecule has 4 aromatic rings. The summed E-state index contributed by atoms with van der Waals surface area (Å²) in [6, 6.07) is 25.4. The minimum atomic E-state index is -0.982. The van der Waals surface area contributed by atoms with Crippen molar-refractivity contribution in [2.24, 2.45) is 0 Å². The third-order valence-corrected chi connectivity index (χ3v) is 9.09. The Morgan fingerprint density at radius 2 is 1.67 bits per heavy atom. The van der Waals surface area contributed by atoms with Crippen LogP contribution in [0.5, 0.6) is 5.75 Å². The predicted octanol–water partition coefficient (Wildman–Crippen LogP) is 4.59. The first-order valence-corrected chi connectivity index (χ1v) is 16.7. The van der Waals surface area contributed by atoms with Gasteiger partial charge in [-0.3, -0.25) is 19.3 Å². The summed E-state index contributed by atoms with van der Waals surface area (Å²) >= 11 is 1.56. The average molecular weight is 677 g/mol. The number of hydrogen-bond acceptors (Lipinski definition) is 7. The fourth-order valence-electron chi connectivity index (χ4n) is 5.86. The van der Waals surface area contributed by atoms with Gasteiger partial charge >= 0.3 is 6.03 Å². The van der Waals surface area contributed by atoms with Crippen molar-refractivity contribution in [3.05, 3.63) is 148 Å². The van der Waals surface area contributed by atoms with Gasteiger partial charge in [-0.2, -0.15) is 5.01 Å². The number of benzene rings is 3. The molecule has 0 radical (unpaired) electrons. The summed E-state index contributed by atoms with van der Waals surface area (Å²) in [5, 5.41) is 20.7. The normalized spacial score (nSPS) is 16.2. The van der Waals surface area contributed by atoms with Gasteiger partial charge in [0.15, 0.2) is 5.82 Å². The van der Waals surface area contributed by atoms with Gasteiger partial charge in [-0.25, -0.2) is 9.80 Å². The molecule has 49 heavy (non-hydrogen) atoms. The summed E-state index contributed by atoms with van der Waals surface area (Å²) in [6.07, 6.45) is 3.27. The summed E-state index contributed by atoms with van der Waals surface area (Å²) in [5.74, 6) is -0.636. The number of phenols is 1. The molecule has 2 aliphatic rings. The summed E-state index contributed by atoms with van der Waals surface area (Å²) in [6.45, 7) is 4.62. The molecule has 1 fully saturated rings. The summed E-state index contributed by atoms with van der Waals surface area (Å²) in [5.41, 5.74) is 2.76. The fourth-order valence-corrected chi connectivity index (χ4v) is 6.50. The molecule has 1 aromatic heterocycles. The second-order valence-corrected chi connectivity index (χ2v) is 12.7. The van der Waals surface area contributed by atoms with Crippen LogP contribution in [0.25, 0.3) is 0 Å². The molecule has 0 aliphatic carbocycles. The van der Waals surface area contributed by atoms with Gasteiger partial charge in [-0.15, -0.1) is 17.9 Å². The van der Waals surface area contributed by atoms with E-state index in [0.717, 1.165) is 16.0 Å². The standard InChI is InChI=1S/C37H36N6O5S/c1-2-17-41-25-34(45)42-32(20-26-13-15-30(44)16-14-26)36(47)40(24-33(42)43(41)37(48)39-21-27-8-4-3-5-9-27)23-28-10-6-11-29(19-28)35(46)38-22-31-12-7-18-49-31/h2-16,18-19,24,32,44H,1,17,20-23,25H2,(H,38,46)(H,39,48)/t32-/m0/s1. The van der Waals surface area contributed by atoms with Crippen LogP contribution in [0.4, 0.5) is 4.79 Å². The minimum absolute atomic E-state index is 0.0793. The third-order valence-electron chi connectivity index (χ3n) is 8.21. The molecule has 250 valence electrons. The Balaban J connectivity index is 1.33. The van der Waals surface area contributed by atoms with Crippen LogP contribution < -0.4 is 10.6 Å². The van der Waals surface area contributed by atoms with Crippen molar-refractivity contribution in [2.75, 3.05) is 13.1 Å². The predicted molar refractivity (Wildman–Crippen MR) is 185 cm³/mol. The number of hydrazine groups is 1. The minimum Gasteiger partial charge on any atom is -0.508 e. The van der Waals surface area contributed by atoms with Gasteiger partial charge < -0.3 is 20.6 Å². The number of phenolic OH excluding ortho intramolecular Hbond substituents is 1. The van der Waals surface area contributed by atoms with Crippen molar-refractivity contribution in [3.63, 3.8) is 0 Å². The summed E-state index contributed by atoms with van der Waals surface area (Å²) < 4.78 is 0. The van der Waals surface area contributed by atoms with E-state index in [1.807, 2.05) is 53.9 Å². The smallest absolute Gasteiger partial charge is 0.338 e. The quantitative estimate of drug-likeness (QED) is 0.200. The lowest BCUT2D eigenvalue weighted by Crippen LogP contribution is -2.67. The van der Waals surface area contributed by atoms with Crippen molar-refractivity contribution in [2.45, 2.75) is 32.1 Å². The zero-order chi connectivity index (χ0) is 34.3. The molecule has 0 saturated carbocycles. The Morgan fingerprint density at radius 1 is 0.898 bits per heavy atom. The van der Waals surface area contributed by atoms with Crippen LogP contribution in [-0.4, -0.2) is 67.8 Å². The van der Waals surface area contributed by atoms with Crippen molar-refractivity contribution in [1.29, 1.82) is 0 Å². The number of nitrogens with one attached hydrogen (secondary N) is 2. The number of rotatable bonds is 11. The van der Waals surface area contributed by atoms with Crippen molar-refractivity contribution in [3.8, 4) is 5.75 Å². The van der Waals surface area contributed by atoms with Crippen LogP contribution in [0, 0.1) is 0 Å². The summed E-state index contributed by atoms with van der Waals surface area (Å²) in [7, 11) is 0. The van der Waals surface area contributed by atoms with Crippen LogP contribution in [0.1, 0.15) is 31.9 Å². The highest BCUT2D eigenvalue weighted by atomic mass is 32.1.